The van der Waals surface area contributed by atoms with E-state index in [1.807, 2.05) is 0 Å². The minimum atomic E-state index is 0.878. The average molecular weight is 640 g/mol. The molecule has 4 heteroatoms. The summed E-state index contributed by atoms with van der Waals surface area (Å²) in [7, 11) is 0. The molecule has 11 aromatic rings. The molecular formula is C46H29N3O. The summed E-state index contributed by atoms with van der Waals surface area (Å²) >= 11 is 0. The van der Waals surface area contributed by atoms with Crippen LogP contribution in [-0.2, 0) is 0 Å². The lowest BCUT2D eigenvalue weighted by Gasteiger charge is -2.10. The highest BCUT2D eigenvalue weighted by atomic mass is 16.3. The van der Waals surface area contributed by atoms with Gasteiger partial charge in [-0.3, -0.25) is 0 Å². The fourth-order valence-corrected chi connectivity index (χ4v) is 8.06. The molecule has 0 atom stereocenters. The van der Waals surface area contributed by atoms with Crippen molar-refractivity contribution in [3.05, 3.63) is 176 Å². The van der Waals surface area contributed by atoms with E-state index < -0.39 is 0 Å². The van der Waals surface area contributed by atoms with Crippen molar-refractivity contribution in [3.8, 4) is 28.3 Å². The predicted octanol–water partition coefficient (Wildman–Crippen LogP) is 12.2. The predicted molar refractivity (Wildman–Crippen MR) is 207 cm³/mol. The minimum Gasteiger partial charge on any atom is -0.456 e. The van der Waals surface area contributed by atoms with E-state index in [0.717, 1.165) is 50.3 Å². The number of benzene rings is 7. The van der Waals surface area contributed by atoms with Gasteiger partial charge >= 0.3 is 0 Å². The molecule has 0 aliphatic heterocycles. The molecule has 0 spiro atoms. The lowest BCUT2D eigenvalue weighted by molar-refractivity contribution is 0.669. The third kappa shape index (κ3) is 3.87. The van der Waals surface area contributed by atoms with Crippen molar-refractivity contribution in [2.45, 2.75) is 0 Å². The first-order chi connectivity index (χ1) is 24.8. The lowest BCUT2D eigenvalue weighted by atomic mass is 10.1. The number of hydrogen-bond donors (Lipinski definition) is 0. The van der Waals surface area contributed by atoms with Crippen molar-refractivity contribution in [2.24, 2.45) is 0 Å². The van der Waals surface area contributed by atoms with Gasteiger partial charge in [0.1, 0.15) is 11.2 Å². The number of nitrogens with zero attached hydrogens (tertiary/aromatic N) is 3. The molecule has 7 aromatic carbocycles. The third-order valence-corrected chi connectivity index (χ3v) is 10.3. The standard InChI is InChI=1S/C46H29N3O/c1-2-12-31(13-3-1)47-29-33(49-42-20-10-6-16-36(42)37-17-7-11-21-43(37)49)28-44(47)30-22-24-45-38(26-30)39-27-32(23-25-46(39)50-45)48-40-18-8-4-14-34(40)35-15-5-9-19-41(35)48/h1-29H. The molecule has 50 heavy (non-hydrogen) atoms. The van der Waals surface area contributed by atoms with Crippen molar-refractivity contribution in [1.82, 2.24) is 13.7 Å². The number of furan rings is 1. The van der Waals surface area contributed by atoms with Crippen molar-refractivity contribution in [3.63, 3.8) is 0 Å². The third-order valence-electron chi connectivity index (χ3n) is 10.3. The second-order valence-corrected chi connectivity index (χ2v) is 13.0. The van der Waals surface area contributed by atoms with Crippen LogP contribution in [-0.4, -0.2) is 13.7 Å². The number of aromatic nitrogens is 3. The lowest BCUT2D eigenvalue weighted by Crippen LogP contribution is -1.95. The first kappa shape index (κ1) is 27.2. The monoisotopic (exact) mass is 639 g/mol. The second-order valence-electron chi connectivity index (χ2n) is 13.0. The first-order valence-electron chi connectivity index (χ1n) is 17.0. The van der Waals surface area contributed by atoms with Crippen molar-refractivity contribution >= 4 is 65.6 Å². The summed E-state index contributed by atoms with van der Waals surface area (Å²) in [6, 6.07) is 60.7. The van der Waals surface area contributed by atoms with Crippen LogP contribution in [0, 0.1) is 0 Å². The largest absolute Gasteiger partial charge is 0.456 e. The second kappa shape index (κ2) is 10.4. The van der Waals surface area contributed by atoms with Gasteiger partial charge in [-0.2, -0.15) is 0 Å². The van der Waals surface area contributed by atoms with E-state index in [-0.39, 0.29) is 0 Å². The Morgan fingerprint density at radius 1 is 0.340 bits per heavy atom. The molecule has 0 saturated heterocycles. The van der Waals surface area contributed by atoms with E-state index in [9.17, 15) is 0 Å². The van der Waals surface area contributed by atoms with Gasteiger partial charge < -0.3 is 18.1 Å². The van der Waals surface area contributed by atoms with E-state index in [2.05, 4.69) is 190 Å². The van der Waals surface area contributed by atoms with Crippen LogP contribution in [0.4, 0.5) is 0 Å². The molecule has 4 nitrogen and oxygen atoms in total. The van der Waals surface area contributed by atoms with Gasteiger partial charge in [-0.25, -0.2) is 0 Å². The van der Waals surface area contributed by atoms with Crippen LogP contribution in [0.3, 0.4) is 0 Å². The molecule has 0 unspecified atom stereocenters. The Kier molecular flexibility index (Phi) is 5.63. The average Bonchev–Trinajstić information content (AvgIpc) is 3.94. The molecule has 0 amide bonds. The Balaban J connectivity index is 1.14. The van der Waals surface area contributed by atoms with Crippen LogP contribution in [0.2, 0.25) is 0 Å². The van der Waals surface area contributed by atoms with Crippen LogP contribution < -0.4 is 0 Å². The van der Waals surface area contributed by atoms with Gasteiger partial charge in [-0.15, -0.1) is 0 Å². The minimum absolute atomic E-state index is 0.878. The van der Waals surface area contributed by atoms with Gasteiger partial charge in [0.05, 0.1) is 33.4 Å². The molecule has 0 bridgehead atoms. The topological polar surface area (TPSA) is 27.9 Å². The molecule has 0 saturated carbocycles. The maximum atomic E-state index is 6.45. The number of hydrogen-bond acceptors (Lipinski definition) is 1. The Bertz CT molecular complexity index is 2990. The molecule has 4 aromatic heterocycles. The summed E-state index contributed by atoms with van der Waals surface area (Å²) in [4.78, 5) is 0. The van der Waals surface area contributed by atoms with Gasteiger partial charge in [0, 0.05) is 49.9 Å². The van der Waals surface area contributed by atoms with Crippen molar-refractivity contribution in [1.29, 1.82) is 0 Å². The summed E-state index contributed by atoms with van der Waals surface area (Å²) in [5, 5.41) is 7.21. The highest BCUT2D eigenvalue weighted by Crippen LogP contribution is 2.39. The van der Waals surface area contributed by atoms with Gasteiger partial charge in [0.2, 0.25) is 0 Å². The van der Waals surface area contributed by atoms with Crippen LogP contribution >= 0.6 is 0 Å². The molecule has 11 rings (SSSR count). The van der Waals surface area contributed by atoms with E-state index in [1.165, 1.54) is 43.6 Å². The maximum Gasteiger partial charge on any atom is 0.135 e. The SMILES string of the molecule is c1ccc(-n2cc(-n3c4ccccc4c4ccccc43)cc2-c2ccc3oc4ccc(-n5c6ccccc6c6ccccc65)cc4c3c2)cc1. The molecule has 0 N–H and O–H groups in total. The van der Waals surface area contributed by atoms with Crippen LogP contribution in [0.15, 0.2) is 180 Å². The highest BCUT2D eigenvalue weighted by molar-refractivity contribution is 6.11. The molecule has 0 aliphatic carbocycles. The maximum absolute atomic E-state index is 6.45. The van der Waals surface area contributed by atoms with E-state index in [4.69, 9.17) is 4.42 Å². The molecule has 0 fully saturated rings. The first-order valence-corrected chi connectivity index (χ1v) is 17.0. The molecule has 0 radical (unpaired) electrons. The zero-order valence-corrected chi connectivity index (χ0v) is 27.0. The Morgan fingerprint density at radius 2 is 0.820 bits per heavy atom. The molecule has 4 heterocycles. The Morgan fingerprint density at radius 3 is 1.40 bits per heavy atom. The summed E-state index contributed by atoms with van der Waals surface area (Å²) in [6.07, 6.45) is 2.27. The van der Waals surface area contributed by atoms with Crippen LogP contribution in [0.5, 0.6) is 0 Å². The van der Waals surface area contributed by atoms with E-state index in [0.29, 0.717) is 0 Å². The zero-order valence-electron chi connectivity index (χ0n) is 27.0. The molecule has 0 aliphatic rings. The Hall–Kier alpha value is -6.78. The highest BCUT2D eigenvalue weighted by Gasteiger charge is 2.19. The quantitative estimate of drug-likeness (QED) is 0.188. The van der Waals surface area contributed by atoms with E-state index in [1.54, 1.807) is 0 Å². The van der Waals surface area contributed by atoms with Gasteiger partial charge in [0.15, 0.2) is 0 Å². The smallest absolute Gasteiger partial charge is 0.135 e. The summed E-state index contributed by atoms with van der Waals surface area (Å²) in [6.45, 7) is 0. The van der Waals surface area contributed by atoms with E-state index >= 15 is 0 Å². The van der Waals surface area contributed by atoms with Crippen molar-refractivity contribution in [2.75, 3.05) is 0 Å². The van der Waals surface area contributed by atoms with Crippen LogP contribution in [0.1, 0.15) is 0 Å². The zero-order chi connectivity index (χ0) is 32.8. The number of rotatable bonds is 4. The normalized spacial score (nSPS) is 12.0. The van der Waals surface area contributed by atoms with Gasteiger partial charge in [-0.1, -0.05) is 91.0 Å². The summed E-state index contributed by atoms with van der Waals surface area (Å²) < 4.78 is 13.5. The van der Waals surface area contributed by atoms with Gasteiger partial charge in [-0.05, 0) is 84.4 Å². The molecular weight excluding hydrogens is 611 g/mol. The fourth-order valence-electron chi connectivity index (χ4n) is 8.06. The number of fused-ring (bicyclic) bond motifs is 9. The van der Waals surface area contributed by atoms with Crippen LogP contribution in [0.25, 0.3) is 93.9 Å². The fraction of sp³-hybridized carbons (Fsp3) is 0. The summed E-state index contributed by atoms with van der Waals surface area (Å²) in [5.74, 6) is 0. The summed E-state index contributed by atoms with van der Waals surface area (Å²) in [5.41, 5.74) is 12.1. The molecule has 234 valence electrons. The Labute approximate surface area is 287 Å². The van der Waals surface area contributed by atoms with Crippen molar-refractivity contribution < 1.29 is 4.42 Å². The van der Waals surface area contributed by atoms with Gasteiger partial charge in [0.25, 0.3) is 0 Å². The number of para-hydroxylation sites is 5.